The van der Waals surface area contributed by atoms with Gasteiger partial charge in [0.1, 0.15) is 5.82 Å². The minimum atomic E-state index is 0.940. The second kappa shape index (κ2) is 2.10. The Morgan fingerprint density at radius 2 is 2.15 bits per heavy atom. The molecule has 0 amide bonds. The number of aryl methyl sites for hydroxylation is 1. The quantitative estimate of drug-likeness (QED) is 0.542. The molecular weight excluding hydrogens is 164 g/mol. The average Bonchev–Trinajstić information content (AvgIpc) is 2.63. The van der Waals surface area contributed by atoms with Crippen molar-refractivity contribution in [2.75, 3.05) is 0 Å². The van der Waals surface area contributed by atoms with Crippen molar-refractivity contribution in [2.24, 2.45) is 0 Å². The molecule has 0 aliphatic carbocycles. The van der Waals surface area contributed by atoms with Gasteiger partial charge in [-0.05, 0) is 19.1 Å². The van der Waals surface area contributed by atoms with E-state index in [1.54, 1.807) is 0 Å². The van der Waals surface area contributed by atoms with Gasteiger partial charge in [-0.2, -0.15) is 5.10 Å². The number of fused-ring (bicyclic) bond motifs is 2. The van der Waals surface area contributed by atoms with Crippen molar-refractivity contribution >= 4 is 21.9 Å². The Bertz CT molecular complexity index is 527. The molecular formula is C9H8N4. The monoisotopic (exact) mass is 172 g/mol. The number of hydrogen-bond donors (Lipinski definition) is 2. The predicted molar refractivity (Wildman–Crippen MR) is 50.5 cm³/mol. The van der Waals surface area contributed by atoms with Crippen LogP contribution in [0.2, 0.25) is 0 Å². The van der Waals surface area contributed by atoms with Crippen LogP contribution >= 0.6 is 0 Å². The molecule has 4 heteroatoms. The normalized spacial score (nSPS) is 11.5. The molecule has 0 saturated heterocycles. The van der Waals surface area contributed by atoms with Gasteiger partial charge in [-0.25, -0.2) is 4.98 Å². The molecule has 64 valence electrons. The van der Waals surface area contributed by atoms with Gasteiger partial charge < -0.3 is 4.98 Å². The first kappa shape index (κ1) is 6.65. The number of nitrogens with one attached hydrogen (secondary N) is 2. The first-order valence-electron chi connectivity index (χ1n) is 4.12. The molecule has 3 aromatic rings. The zero-order valence-corrected chi connectivity index (χ0v) is 7.13. The summed E-state index contributed by atoms with van der Waals surface area (Å²) in [6, 6.07) is 4.05. The molecule has 0 bridgehead atoms. The molecule has 0 atom stereocenters. The molecule has 0 aliphatic rings. The Balaban J connectivity index is 2.54. The number of benzene rings is 1. The summed E-state index contributed by atoms with van der Waals surface area (Å²) in [6.07, 6.45) is 1.81. The Morgan fingerprint density at radius 3 is 3.08 bits per heavy atom. The second-order valence-electron chi connectivity index (χ2n) is 3.15. The zero-order valence-electron chi connectivity index (χ0n) is 7.13. The minimum Gasteiger partial charge on any atom is -0.342 e. The highest BCUT2D eigenvalue weighted by Crippen LogP contribution is 2.18. The average molecular weight is 172 g/mol. The SMILES string of the molecule is Cc1nc2cc3[nH]ncc3cc2[nH]1. The third kappa shape index (κ3) is 0.853. The van der Waals surface area contributed by atoms with Crippen LogP contribution in [0.25, 0.3) is 21.9 Å². The number of hydrogen-bond acceptors (Lipinski definition) is 2. The highest BCUT2D eigenvalue weighted by atomic mass is 15.1. The lowest BCUT2D eigenvalue weighted by atomic mass is 10.2. The van der Waals surface area contributed by atoms with Crippen molar-refractivity contribution in [1.29, 1.82) is 0 Å². The van der Waals surface area contributed by atoms with E-state index in [2.05, 4.69) is 20.2 Å². The van der Waals surface area contributed by atoms with Gasteiger partial charge in [0.05, 0.1) is 22.7 Å². The van der Waals surface area contributed by atoms with Gasteiger partial charge in [0.15, 0.2) is 0 Å². The number of imidazole rings is 1. The Hall–Kier alpha value is -1.84. The number of H-pyrrole nitrogens is 2. The molecule has 0 fully saturated rings. The van der Waals surface area contributed by atoms with Gasteiger partial charge in [0.2, 0.25) is 0 Å². The fourth-order valence-corrected chi connectivity index (χ4v) is 1.58. The van der Waals surface area contributed by atoms with E-state index < -0.39 is 0 Å². The van der Waals surface area contributed by atoms with Gasteiger partial charge in [-0.15, -0.1) is 0 Å². The lowest BCUT2D eigenvalue weighted by Crippen LogP contribution is -1.70. The van der Waals surface area contributed by atoms with Crippen LogP contribution < -0.4 is 0 Å². The molecule has 0 radical (unpaired) electrons. The van der Waals surface area contributed by atoms with Crippen LogP contribution in [0.4, 0.5) is 0 Å². The molecule has 0 aliphatic heterocycles. The van der Waals surface area contributed by atoms with E-state index in [4.69, 9.17) is 0 Å². The van der Waals surface area contributed by atoms with Crippen LogP contribution in [-0.2, 0) is 0 Å². The van der Waals surface area contributed by atoms with E-state index in [9.17, 15) is 0 Å². The number of aromatic nitrogens is 4. The third-order valence-electron chi connectivity index (χ3n) is 2.16. The van der Waals surface area contributed by atoms with Crippen molar-refractivity contribution < 1.29 is 0 Å². The predicted octanol–water partition coefficient (Wildman–Crippen LogP) is 1.75. The molecule has 4 nitrogen and oxygen atoms in total. The van der Waals surface area contributed by atoms with E-state index in [0.29, 0.717) is 0 Å². The molecule has 13 heavy (non-hydrogen) atoms. The van der Waals surface area contributed by atoms with Crippen molar-refractivity contribution in [3.8, 4) is 0 Å². The molecule has 0 spiro atoms. The summed E-state index contributed by atoms with van der Waals surface area (Å²) in [7, 11) is 0. The van der Waals surface area contributed by atoms with E-state index in [1.165, 1.54) is 0 Å². The van der Waals surface area contributed by atoms with Crippen LogP contribution in [0.3, 0.4) is 0 Å². The maximum Gasteiger partial charge on any atom is 0.104 e. The molecule has 3 rings (SSSR count). The molecule has 2 heterocycles. The smallest absolute Gasteiger partial charge is 0.104 e. The first-order chi connectivity index (χ1) is 6.33. The topological polar surface area (TPSA) is 57.4 Å². The summed E-state index contributed by atoms with van der Waals surface area (Å²) in [5.41, 5.74) is 3.07. The minimum absolute atomic E-state index is 0.940. The van der Waals surface area contributed by atoms with Gasteiger partial charge in [0, 0.05) is 5.39 Å². The van der Waals surface area contributed by atoms with Crippen molar-refractivity contribution in [1.82, 2.24) is 20.2 Å². The molecule has 2 aromatic heterocycles. The van der Waals surface area contributed by atoms with Crippen molar-refractivity contribution in [2.45, 2.75) is 6.92 Å². The van der Waals surface area contributed by atoms with E-state index in [0.717, 1.165) is 27.8 Å². The summed E-state index contributed by atoms with van der Waals surface area (Å²) in [4.78, 5) is 7.53. The lowest BCUT2D eigenvalue weighted by Gasteiger charge is -1.87. The lowest BCUT2D eigenvalue weighted by molar-refractivity contribution is 1.12. The van der Waals surface area contributed by atoms with Crippen LogP contribution in [0.15, 0.2) is 18.3 Å². The molecule has 0 saturated carbocycles. The van der Waals surface area contributed by atoms with Crippen molar-refractivity contribution in [3.05, 3.63) is 24.2 Å². The summed E-state index contributed by atoms with van der Waals surface area (Å²) >= 11 is 0. The Morgan fingerprint density at radius 1 is 1.23 bits per heavy atom. The van der Waals surface area contributed by atoms with Gasteiger partial charge >= 0.3 is 0 Å². The Labute approximate surface area is 74.0 Å². The van der Waals surface area contributed by atoms with E-state index >= 15 is 0 Å². The number of aromatic amines is 2. The number of rotatable bonds is 0. The molecule has 1 aromatic carbocycles. The van der Waals surface area contributed by atoms with E-state index in [-0.39, 0.29) is 0 Å². The largest absolute Gasteiger partial charge is 0.342 e. The highest BCUT2D eigenvalue weighted by Gasteiger charge is 2.02. The summed E-state index contributed by atoms with van der Waals surface area (Å²) in [5.74, 6) is 0.940. The molecule has 0 unspecified atom stereocenters. The number of nitrogens with zero attached hydrogens (tertiary/aromatic N) is 2. The third-order valence-corrected chi connectivity index (χ3v) is 2.16. The van der Waals surface area contributed by atoms with Crippen LogP contribution in [0.5, 0.6) is 0 Å². The fraction of sp³-hybridized carbons (Fsp3) is 0.111. The summed E-state index contributed by atoms with van der Waals surface area (Å²) < 4.78 is 0. The zero-order chi connectivity index (χ0) is 8.84. The molecule has 2 N–H and O–H groups in total. The van der Waals surface area contributed by atoms with Crippen LogP contribution in [-0.4, -0.2) is 20.2 Å². The summed E-state index contributed by atoms with van der Waals surface area (Å²) in [5, 5.41) is 7.98. The maximum atomic E-state index is 4.34. The van der Waals surface area contributed by atoms with Crippen LogP contribution in [0.1, 0.15) is 5.82 Å². The maximum absolute atomic E-state index is 4.34. The van der Waals surface area contributed by atoms with Crippen LogP contribution in [0, 0.1) is 6.92 Å². The van der Waals surface area contributed by atoms with Crippen molar-refractivity contribution in [3.63, 3.8) is 0 Å². The van der Waals surface area contributed by atoms with Gasteiger partial charge in [-0.3, -0.25) is 5.10 Å². The second-order valence-corrected chi connectivity index (χ2v) is 3.15. The first-order valence-corrected chi connectivity index (χ1v) is 4.12. The van der Waals surface area contributed by atoms with Gasteiger partial charge in [-0.1, -0.05) is 0 Å². The Kier molecular flexibility index (Phi) is 1.07. The van der Waals surface area contributed by atoms with Gasteiger partial charge in [0.25, 0.3) is 0 Å². The standard InChI is InChI=1S/C9H8N4/c1-5-11-8-2-6-4-10-13-7(6)3-9(8)12-5/h2-4H,1H3,(H,10,13)(H,11,12). The highest BCUT2D eigenvalue weighted by molar-refractivity contribution is 5.92. The summed E-state index contributed by atoms with van der Waals surface area (Å²) in [6.45, 7) is 1.95. The van der Waals surface area contributed by atoms with E-state index in [1.807, 2.05) is 25.3 Å². The fourth-order valence-electron chi connectivity index (χ4n) is 1.58.